The lowest BCUT2D eigenvalue weighted by atomic mass is 9.82. The van der Waals surface area contributed by atoms with Gasteiger partial charge >= 0.3 is 0 Å². The van der Waals surface area contributed by atoms with Crippen LogP contribution < -0.4 is 0 Å². The molecular formula is C11H19N3O. The first-order valence-electron chi connectivity index (χ1n) is 5.77. The molecule has 1 aliphatic carbocycles. The molecule has 4 nitrogen and oxygen atoms in total. The Kier molecular flexibility index (Phi) is 3.36. The fourth-order valence-corrected chi connectivity index (χ4v) is 2.56. The van der Waals surface area contributed by atoms with Gasteiger partial charge in [0.05, 0.1) is 0 Å². The van der Waals surface area contributed by atoms with Crippen molar-refractivity contribution < 1.29 is 5.11 Å². The Hall–Kier alpha value is -0.900. The summed E-state index contributed by atoms with van der Waals surface area (Å²) in [6.07, 6.45) is 7.02. The lowest BCUT2D eigenvalue weighted by Crippen LogP contribution is -2.19. The van der Waals surface area contributed by atoms with Gasteiger partial charge in [0.1, 0.15) is 12.9 Å². The largest absolute Gasteiger partial charge is 0.388 e. The molecular weight excluding hydrogens is 190 g/mol. The Morgan fingerprint density at radius 1 is 1.53 bits per heavy atom. The number of nitrogens with zero attached hydrogens (tertiary/aromatic N) is 3. The van der Waals surface area contributed by atoms with Crippen molar-refractivity contribution >= 4 is 0 Å². The number of hydrogen-bond donors (Lipinski definition) is 1. The third-order valence-electron chi connectivity index (χ3n) is 3.34. The van der Waals surface area contributed by atoms with E-state index in [4.69, 9.17) is 5.11 Å². The Labute approximate surface area is 90.3 Å². The number of aliphatic hydroxyl groups excluding tert-OH is 1. The maximum atomic E-state index is 9.07. The van der Waals surface area contributed by atoms with Gasteiger partial charge in [0.25, 0.3) is 0 Å². The van der Waals surface area contributed by atoms with Gasteiger partial charge in [-0.15, -0.1) is 10.2 Å². The Morgan fingerprint density at radius 3 is 3.13 bits per heavy atom. The molecule has 0 spiro atoms. The van der Waals surface area contributed by atoms with Gasteiger partial charge in [-0.2, -0.15) is 0 Å². The smallest absolute Gasteiger partial charge is 0.158 e. The van der Waals surface area contributed by atoms with Crippen LogP contribution in [0.25, 0.3) is 0 Å². The van der Waals surface area contributed by atoms with Gasteiger partial charge in [-0.3, -0.25) is 0 Å². The molecule has 1 N–H and O–H groups in total. The second-order valence-corrected chi connectivity index (χ2v) is 4.70. The zero-order valence-electron chi connectivity index (χ0n) is 9.26. The normalized spacial score (nSPS) is 26.8. The van der Waals surface area contributed by atoms with Crippen LogP contribution in [0.1, 0.15) is 38.4 Å². The third kappa shape index (κ3) is 2.56. The van der Waals surface area contributed by atoms with Crippen LogP contribution in [0, 0.1) is 11.8 Å². The van der Waals surface area contributed by atoms with Crippen LogP contribution in [-0.2, 0) is 13.2 Å². The zero-order valence-corrected chi connectivity index (χ0v) is 9.26. The van der Waals surface area contributed by atoms with Crippen LogP contribution in [0.3, 0.4) is 0 Å². The predicted octanol–water partition coefficient (Wildman–Crippen LogP) is 1.60. The van der Waals surface area contributed by atoms with E-state index in [0.29, 0.717) is 5.82 Å². The van der Waals surface area contributed by atoms with Gasteiger partial charge in [-0.25, -0.2) is 0 Å². The summed E-state index contributed by atoms with van der Waals surface area (Å²) in [5.74, 6) is 2.26. The predicted molar refractivity (Wildman–Crippen MR) is 57.1 cm³/mol. The van der Waals surface area contributed by atoms with Crippen molar-refractivity contribution in [2.75, 3.05) is 0 Å². The van der Waals surface area contributed by atoms with E-state index in [1.54, 1.807) is 6.33 Å². The minimum absolute atomic E-state index is 0.0116. The van der Waals surface area contributed by atoms with E-state index in [-0.39, 0.29) is 6.61 Å². The van der Waals surface area contributed by atoms with Crippen molar-refractivity contribution in [3.8, 4) is 0 Å². The van der Waals surface area contributed by atoms with E-state index < -0.39 is 0 Å². The molecule has 2 unspecified atom stereocenters. The number of aromatic nitrogens is 3. The van der Waals surface area contributed by atoms with Crippen LogP contribution in [0.4, 0.5) is 0 Å². The monoisotopic (exact) mass is 209 g/mol. The van der Waals surface area contributed by atoms with Crippen LogP contribution in [0.5, 0.6) is 0 Å². The highest BCUT2D eigenvalue weighted by molar-refractivity contribution is 4.84. The molecule has 0 aliphatic heterocycles. The maximum Gasteiger partial charge on any atom is 0.158 e. The Balaban J connectivity index is 1.96. The SMILES string of the molecule is CC1CCCC(Cn2cnnc2CO)C1. The van der Waals surface area contributed by atoms with Crippen LogP contribution in [0.15, 0.2) is 6.33 Å². The van der Waals surface area contributed by atoms with Crippen LogP contribution in [0.2, 0.25) is 0 Å². The minimum Gasteiger partial charge on any atom is -0.388 e. The molecule has 0 saturated heterocycles. The molecule has 1 aromatic rings. The van der Waals surface area contributed by atoms with Crippen molar-refractivity contribution in [1.29, 1.82) is 0 Å². The number of hydrogen-bond acceptors (Lipinski definition) is 3. The standard InChI is InChI=1S/C11H19N3O/c1-9-3-2-4-10(5-9)6-14-8-12-13-11(14)7-15/h8-10,15H,2-7H2,1H3. The highest BCUT2D eigenvalue weighted by Crippen LogP contribution is 2.29. The first-order chi connectivity index (χ1) is 7.29. The first-order valence-corrected chi connectivity index (χ1v) is 5.77. The van der Waals surface area contributed by atoms with Crippen molar-refractivity contribution in [1.82, 2.24) is 14.8 Å². The lowest BCUT2D eigenvalue weighted by molar-refractivity contribution is 0.236. The molecule has 0 radical (unpaired) electrons. The van der Waals surface area contributed by atoms with Crippen molar-refractivity contribution in [2.24, 2.45) is 11.8 Å². The molecule has 84 valence electrons. The summed E-state index contributed by atoms with van der Waals surface area (Å²) < 4.78 is 1.99. The average molecular weight is 209 g/mol. The van der Waals surface area contributed by atoms with E-state index in [9.17, 15) is 0 Å². The number of rotatable bonds is 3. The zero-order chi connectivity index (χ0) is 10.7. The molecule has 2 rings (SSSR count). The van der Waals surface area contributed by atoms with Gasteiger partial charge in [-0.1, -0.05) is 19.8 Å². The van der Waals surface area contributed by atoms with Crippen LogP contribution >= 0.6 is 0 Å². The van der Waals surface area contributed by atoms with Gasteiger partial charge in [0.15, 0.2) is 5.82 Å². The van der Waals surface area contributed by atoms with E-state index in [2.05, 4.69) is 17.1 Å². The van der Waals surface area contributed by atoms with Gasteiger partial charge in [-0.05, 0) is 24.7 Å². The second-order valence-electron chi connectivity index (χ2n) is 4.70. The lowest BCUT2D eigenvalue weighted by Gasteiger charge is -2.27. The van der Waals surface area contributed by atoms with E-state index in [1.165, 1.54) is 25.7 Å². The molecule has 0 amide bonds. The molecule has 4 heteroatoms. The van der Waals surface area contributed by atoms with Gasteiger partial charge < -0.3 is 9.67 Å². The Bertz CT molecular complexity index is 311. The van der Waals surface area contributed by atoms with E-state index in [1.807, 2.05) is 4.57 Å². The molecule has 0 bridgehead atoms. The van der Waals surface area contributed by atoms with E-state index in [0.717, 1.165) is 18.4 Å². The summed E-state index contributed by atoms with van der Waals surface area (Å²) in [7, 11) is 0. The van der Waals surface area contributed by atoms with Crippen LogP contribution in [-0.4, -0.2) is 19.9 Å². The summed E-state index contributed by atoms with van der Waals surface area (Å²) in [5, 5.41) is 16.8. The summed E-state index contributed by atoms with van der Waals surface area (Å²) in [6.45, 7) is 3.28. The average Bonchev–Trinajstić information content (AvgIpc) is 2.65. The Morgan fingerprint density at radius 2 is 2.40 bits per heavy atom. The molecule has 1 saturated carbocycles. The van der Waals surface area contributed by atoms with Gasteiger partial charge in [0, 0.05) is 6.54 Å². The molecule has 1 aromatic heterocycles. The third-order valence-corrected chi connectivity index (χ3v) is 3.34. The second kappa shape index (κ2) is 4.75. The molecule has 0 aromatic carbocycles. The summed E-state index contributed by atoms with van der Waals surface area (Å²) in [6, 6.07) is 0. The molecule has 1 heterocycles. The minimum atomic E-state index is -0.0116. The molecule has 15 heavy (non-hydrogen) atoms. The van der Waals surface area contributed by atoms with Crippen molar-refractivity contribution in [3.05, 3.63) is 12.2 Å². The molecule has 2 atom stereocenters. The number of aliphatic hydroxyl groups is 1. The molecule has 1 fully saturated rings. The summed E-state index contributed by atoms with van der Waals surface area (Å²) in [4.78, 5) is 0. The molecule has 1 aliphatic rings. The van der Waals surface area contributed by atoms with Crippen molar-refractivity contribution in [3.63, 3.8) is 0 Å². The van der Waals surface area contributed by atoms with Crippen molar-refractivity contribution in [2.45, 2.75) is 45.8 Å². The van der Waals surface area contributed by atoms with E-state index >= 15 is 0 Å². The quantitative estimate of drug-likeness (QED) is 0.822. The highest BCUT2D eigenvalue weighted by Gasteiger charge is 2.19. The fraction of sp³-hybridized carbons (Fsp3) is 0.818. The maximum absolute atomic E-state index is 9.07. The summed E-state index contributed by atoms with van der Waals surface area (Å²) >= 11 is 0. The summed E-state index contributed by atoms with van der Waals surface area (Å²) in [5.41, 5.74) is 0. The van der Waals surface area contributed by atoms with Gasteiger partial charge in [0.2, 0.25) is 0 Å². The fourth-order valence-electron chi connectivity index (χ4n) is 2.56. The topological polar surface area (TPSA) is 50.9 Å². The highest BCUT2D eigenvalue weighted by atomic mass is 16.3. The first kappa shape index (κ1) is 10.6.